The van der Waals surface area contributed by atoms with Crippen molar-refractivity contribution < 1.29 is 14.2 Å². The van der Waals surface area contributed by atoms with E-state index in [1.807, 2.05) is 7.05 Å². The number of hydrogen-bond donors (Lipinski definition) is 1. The van der Waals surface area contributed by atoms with E-state index in [0.717, 1.165) is 38.5 Å². The van der Waals surface area contributed by atoms with Crippen LogP contribution in [0.2, 0.25) is 0 Å². The molecular weight excluding hydrogens is 242 g/mol. The molecule has 0 radical (unpaired) electrons. The van der Waals surface area contributed by atoms with Gasteiger partial charge in [0.15, 0.2) is 0 Å². The molecule has 114 valence electrons. The molecule has 0 amide bonds. The predicted octanol–water partition coefficient (Wildman–Crippen LogP) is 2.22. The molecule has 1 rings (SSSR count). The average Bonchev–Trinajstić information content (AvgIpc) is 2.38. The Bertz CT molecular complexity index is 221. The van der Waals surface area contributed by atoms with Crippen LogP contribution >= 0.6 is 0 Å². The van der Waals surface area contributed by atoms with E-state index in [1.54, 1.807) is 7.11 Å². The van der Waals surface area contributed by atoms with Crippen molar-refractivity contribution in [1.29, 1.82) is 0 Å². The molecule has 4 heteroatoms. The van der Waals surface area contributed by atoms with Gasteiger partial charge >= 0.3 is 0 Å². The third-order valence-electron chi connectivity index (χ3n) is 3.82. The monoisotopic (exact) mass is 273 g/mol. The molecule has 0 heterocycles. The molecule has 0 spiro atoms. The van der Waals surface area contributed by atoms with Crippen LogP contribution in [0.15, 0.2) is 0 Å². The average molecular weight is 273 g/mol. The first-order valence-electron chi connectivity index (χ1n) is 7.58. The molecule has 0 bridgehead atoms. The first kappa shape index (κ1) is 16.9. The fourth-order valence-electron chi connectivity index (χ4n) is 3.00. The molecule has 4 nitrogen and oxygen atoms in total. The maximum Gasteiger partial charge on any atom is 0.0809 e. The van der Waals surface area contributed by atoms with E-state index in [4.69, 9.17) is 14.2 Å². The van der Waals surface area contributed by atoms with E-state index in [0.29, 0.717) is 13.2 Å². The Hall–Kier alpha value is -0.160. The van der Waals surface area contributed by atoms with Crippen LogP contribution in [-0.4, -0.2) is 52.7 Å². The summed E-state index contributed by atoms with van der Waals surface area (Å²) in [4.78, 5) is 0. The van der Waals surface area contributed by atoms with Crippen molar-refractivity contribution in [3.63, 3.8) is 0 Å². The second-order valence-corrected chi connectivity index (χ2v) is 5.72. The van der Waals surface area contributed by atoms with E-state index in [9.17, 15) is 0 Å². The van der Waals surface area contributed by atoms with Crippen LogP contribution in [0.3, 0.4) is 0 Å². The second-order valence-electron chi connectivity index (χ2n) is 5.72. The summed E-state index contributed by atoms with van der Waals surface area (Å²) in [5, 5.41) is 3.29. The lowest BCUT2D eigenvalue weighted by Crippen LogP contribution is -2.46. The summed E-state index contributed by atoms with van der Waals surface area (Å²) in [6.07, 6.45) is 5.90. The molecule has 0 aromatic rings. The van der Waals surface area contributed by atoms with Gasteiger partial charge in [-0.25, -0.2) is 0 Å². The summed E-state index contributed by atoms with van der Waals surface area (Å²) >= 11 is 0. The fourth-order valence-corrected chi connectivity index (χ4v) is 3.00. The molecule has 2 unspecified atom stereocenters. The van der Waals surface area contributed by atoms with E-state index in [2.05, 4.69) is 12.2 Å². The quantitative estimate of drug-likeness (QED) is 0.620. The van der Waals surface area contributed by atoms with Crippen molar-refractivity contribution in [2.45, 2.75) is 44.6 Å². The first-order chi connectivity index (χ1) is 9.22. The summed E-state index contributed by atoms with van der Waals surface area (Å²) in [7, 11) is 3.72. The van der Waals surface area contributed by atoms with Gasteiger partial charge in [0.25, 0.3) is 0 Å². The minimum absolute atomic E-state index is 0.0301. The van der Waals surface area contributed by atoms with Gasteiger partial charge in [0.1, 0.15) is 0 Å². The Morgan fingerprint density at radius 2 is 2.05 bits per heavy atom. The number of ether oxygens (including phenoxy) is 3. The zero-order chi connectivity index (χ0) is 14.0. The van der Waals surface area contributed by atoms with E-state index in [1.165, 1.54) is 19.3 Å². The van der Waals surface area contributed by atoms with E-state index in [-0.39, 0.29) is 5.60 Å². The summed E-state index contributed by atoms with van der Waals surface area (Å²) in [5.41, 5.74) is 0.0301. The maximum absolute atomic E-state index is 6.17. The van der Waals surface area contributed by atoms with E-state index < -0.39 is 0 Å². The normalized spacial score (nSPS) is 27.6. The molecule has 19 heavy (non-hydrogen) atoms. The maximum atomic E-state index is 6.17. The highest BCUT2D eigenvalue weighted by molar-refractivity contribution is 4.88. The van der Waals surface area contributed by atoms with Gasteiger partial charge < -0.3 is 19.5 Å². The van der Waals surface area contributed by atoms with Crippen LogP contribution in [0.5, 0.6) is 0 Å². The van der Waals surface area contributed by atoms with Crippen molar-refractivity contribution in [3.8, 4) is 0 Å². The van der Waals surface area contributed by atoms with Gasteiger partial charge in [0, 0.05) is 26.9 Å². The third kappa shape index (κ3) is 6.70. The summed E-state index contributed by atoms with van der Waals surface area (Å²) in [5.74, 6) is 0.768. The Labute approximate surface area is 118 Å². The van der Waals surface area contributed by atoms with Crippen LogP contribution in [0.25, 0.3) is 0 Å². The fraction of sp³-hybridized carbons (Fsp3) is 1.00. The topological polar surface area (TPSA) is 39.7 Å². The molecule has 1 fully saturated rings. The first-order valence-corrected chi connectivity index (χ1v) is 7.58. The number of nitrogens with one attached hydrogen (secondary N) is 1. The van der Waals surface area contributed by atoms with Crippen molar-refractivity contribution >= 4 is 0 Å². The largest absolute Gasteiger partial charge is 0.385 e. The zero-order valence-electron chi connectivity index (χ0n) is 12.9. The predicted molar refractivity (Wildman–Crippen MR) is 77.6 cm³/mol. The van der Waals surface area contributed by atoms with Gasteiger partial charge in [0.05, 0.1) is 18.8 Å². The molecule has 1 aliphatic carbocycles. The molecular formula is C15H31NO3. The lowest BCUT2D eigenvalue weighted by atomic mass is 9.78. The van der Waals surface area contributed by atoms with Crippen LogP contribution in [0.4, 0.5) is 0 Å². The zero-order valence-corrected chi connectivity index (χ0v) is 12.9. The van der Waals surface area contributed by atoms with Crippen molar-refractivity contribution in [3.05, 3.63) is 0 Å². The molecule has 1 aliphatic rings. The number of rotatable bonds is 10. The summed E-state index contributed by atoms with van der Waals surface area (Å²) in [6.45, 7) is 6.18. The van der Waals surface area contributed by atoms with Crippen LogP contribution in [0.1, 0.15) is 39.0 Å². The second kappa shape index (κ2) is 9.70. The van der Waals surface area contributed by atoms with Gasteiger partial charge in [-0.1, -0.05) is 19.8 Å². The molecule has 1 saturated carbocycles. The highest BCUT2D eigenvalue weighted by atomic mass is 16.5. The third-order valence-corrected chi connectivity index (χ3v) is 3.82. The molecule has 0 saturated heterocycles. The van der Waals surface area contributed by atoms with Crippen molar-refractivity contribution in [2.75, 3.05) is 47.1 Å². The van der Waals surface area contributed by atoms with Gasteiger partial charge in [-0.05, 0) is 32.2 Å². The van der Waals surface area contributed by atoms with Crippen LogP contribution in [0, 0.1) is 5.92 Å². The lowest BCUT2D eigenvalue weighted by molar-refractivity contribution is -0.0948. The number of hydrogen-bond acceptors (Lipinski definition) is 4. The van der Waals surface area contributed by atoms with Gasteiger partial charge in [-0.3, -0.25) is 0 Å². The highest BCUT2D eigenvalue weighted by Crippen LogP contribution is 2.34. The standard InChI is InChI=1S/C15H31NO3/c1-14-6-4-7-15(12-14,13-16-2)19-11-10-18-9-5-8-17-3/h14,16H,4-13H2,1-3H3. The Balaban J connectivity index is 2.18. The molecule has 1 N–H and O–H groups in total. The Kier molecular flexibility index (Phi) is 8.62. The number of likely N-dealkylation sites (N-methyl/N-ethyl adjacent to an activating group) is 1. The molecule has 0 aliphatic heterocycles. The van der Waals surface area contributed by atoms with Crippen molar-refractivity contribution in [2.24, 2.45) is 5.92 Å². The van der Waals surface area contributed by atoms with Crippen molar-refractivity contribution in [1.82, 2.24) is 5.32 Å². The molecule has 2 atom stereocenters. The van der Waals surface area contributed by atoms with Crippen LogP contribution < -0.4 is 5.32 Å². The Morgan fingerprint density at radius 1 is 1.21 bits per heavy atom. The minimum Gasteiger partial charge on any atom is -0.385 e. The Morgan fingerprint density at radius 3 is 2.74 bits per heavy atom. The summed E-state index contributed by atoms with van der Waals surface area (Å²) < 4.78 is 16.7. The van der Waals surface area contributed by atoms with E-state index >= 15 is 0 Å². The SMILES string of the molecule is CNCC1(OCCOCCCOC)CCCC(C)C1. The molecule has 0 aromatic heterocycles. The van der Waals surface area contributed by atoms with Gasteiger partial charge in [0.2, 0.25) is 0 Å². The summed E-state index contributed by atoms with van der Waals surface area (Å²) in [6, 6.07) is 0. The van der Waals surface area contributed by atoms with Crippen LogP contribution in [-0.2, 0) is 14.2 Å². The minimum atomic E-state index is 0.0301. The molecule has 0 aromatic carbocycles. The smallest absolute Gasteiger partial charge is 0.0809 e. The number of methoxy groups -OCH3 is 1. The van der Waals surface area contributed by atoms with Gasteiger partial charge in [-0.2, -0.15) is 0 Å². The van der Waals surface area contributed by atoms with Gasteiger partial charge in [-0.15, -0.1) is 0 Å². The lowest BCUT2D eigenvalue weighted by Gasteiger charge is -2.40. The highest BCUT2D eigenvalue weighted by Gasteiger charge is 2.35.